The molecule has 2 heterocycles. The molecule has 2 saturated heterocycles. The molecule has 4 bridgehead atoms. The highest BCUT2D eigenvalue weighted by Gasteiger charge is 2.43. The first-order valence-corrected chi connectivity index (χ1v) is 8.17. The van der Waals surface area contributed by atoms with E-state index in [1.165, 1.54) is 38.5 Å². The van der Waals surface area contributed by atoms with Crippen LogP contribution in [0, 0.1) is 11.8 Å². The van der Waals surface area contributed by atoms with Gasteiger partial charge in [-0.3, -0.25) is 4.90 Å². The van der Waals surface area contributed by atoms with Crippen molar-refractivity contribution in [3.05, 3.63) is 0 Å². The fraction of sp³-hybridized carbons (Fsp3) is 1.00. The predicted octanol–water partition coefficient (Wildman–Crippen LogP) is 3.97. The monoisotopic (exact) mass is 233 g/mol. The molecule has 4 aliphatic rings. The third-order valence-corrected chi connectivity index (χ3v) is 6.27. The highest BCUT2D eigenvalue weighted by Crippen LogP contribution is 2.46. The molecule has 0 N–H and O–H groups in total. The Morgan fingerprint density at radius 1 is 0.529 bits per heavy atom. The molecule has 2 saturated carbocycles. The number of nitrogens with zero attached hydrogens (tertiary/aromatic N) is 1. The van der Waals surface area contributed by atoms with E-state index in [2.05, 4.69) is 4.90 Å². The van der Waals surface area contributed by atoms with Crippen LogP contribution >= 0.6 is 0 Å². The van der Waals surface area contributed by atoms with Gasteiger partial charge < -0.3 is 0 Å². The molecule has 0 spiro atoms. The topological polar surface area (TPSA) is 3.24 Å². The van der Waals surface area contributed by atoms with Crippen LogP contribution in [0.5, 0.6) is 0 Å². The number of piperidine rings is 1. The van der Waals surface area contributed by atoms with Gasteiger partial charge >= 0.3 is 0 Å². The van der Waals surface area contributed by atoms with Gasteiger partial charge in [0.15, 0.2) is 0 Å². The van der Waals surface area contributed by atoms with Crippen molar-refractivity contribution >= 4 is 0 Å². The van der Waals surface area contributed by atoms with Crippen molar-refractivity contribution in [1.29, 1.82) is 0 Å². The summed E-state index contributed by atoms with van der Waals surface area (Å²) in [7, 11) is 0. The second kappa shape index (κ2) is 4.26. The summed E-state index contributed by atoms with van der Waals surface area (Å²) >= 11 is 0. The van der Waals surface area contributed by atoms with E-state index in [9.17, 15) is 0 Å². The highest BCUT2D eigenvalue weighted by atomic mass is 15.2. The maximum atomic E-state index is 3.02. The van der Waals surface area contributed by atoms with Crippen LogP contribution in [0.1, 0.15) is 70.6 Å². The maximum absolute atomic E-state index is 3.02. The Balaban J connectivity index is 1.51. The number of hydrogen-bond acceptors (Lipinski definition) is 1. The zero-order chi connectivity index (χ0) is 11.2. The van der Waals surface area contributed by atoms with Crippen LogP contribution in [0.4, 0.5) is 0 Å². The molecule has 2 aliphatic carbocycles. The van der Waals surface area contributed by atoms with Crippen LogP contribution in [0.25, 0.3) is 0 Å². The molecule has 0 aromatic carbocycles. The average molecular weight is 233 g/mol. The molecule has 0 radical (unpaired) electrons. The third kappa shape index (κ3) is 1.85. The lowest BCUT2D eigenvalue weighted by molar-refractivity contribution is 0.0205. The van der Waals surface area contributed by atoms with Crippen molar-refractivity contribution in [2.45, 2.75) is 88.8 Å². The first-order valence-electron chi connectivity index (χ1n) is 8.17. The largest absolute Gasteiger partial charge is 0.294 e. The van der Waals surface area contributed by atoms with E-state index in [1.54, 1.807) is 32.1 Å². The van der Waals surface area contributed by atoms with Crippen molar-refractivity contribution in [2.24, 2.45) is 11.8 Å². The molecule has 96 valence electrons. The molecule has 0 aromatic rings. The molecule has 2 aliphatic heterocycles. The van der Waals surface area contributed by atoms with Gasteiger partial charge in [-0.25, -0.2) is 0 Å². The maximum Gasteiger partial charge on any atom is 0.0106 e. The van der Waals surface area contributed by atoms with Crippen LogP contribution in [0.2, 0.25) is 0 Å². The molecule has 4 fully saturated rings. The van der Waals surface area contributed by atoms with E-state index in [0.29, 0.717) is 0 Å². The van der Waals surface area contributed by atoms with E-state index in [-0.39, 0.29) is 0 Å². The predicted molar refractivity (Wildman–Crippen MR) is 71.0 cm³/mol. The summed E-state index contributed by atoms with van der Waals surface area (Å²) in [5, 5.41) is 0. The first kappa shape index (κ1) is 10.8. The summed E-state index contributed by atoms with van der Waals surface area (Å²) in [4.78, 5) is 3.02. The minimum atomic E-state index is 0.997. The zero-order valence-electron chi connectivity index (χ0n) is 11.1. The zero-order valence-corrected chi connectivity index (χ0v) is 11.1. The van der Waals surface area contributed by atoms with Crippen molar-refractivity contribution in [3.8, 4) is 0 Å². The molecular weight excluding hydrogens is 206 g/mol. The minimum absolute atomic E-state index is 0.997. The van der Waals surface area contributed by atoms with E-state index >= 15 is 0 Å². The first-order chi connectivity index (χ1) is 8.40. The van der Waals surface area contributed by atoms with Crippen LogP contribution in [0.3, 0.4) is 0 Å². The van der Waals surface area contributed by atoms with Crippen molar-refractivity contribution in [1.82, 2.24) is 4.90 Å². The number of rotatable bonds is 1. The van der Waals surface area contributed by atoms with Gasteiger partial charge in [0.2, 0.25) is 0 Å². The van der Waals surface area contributed by atoms with Crippen molar-refractivity contribution < 1.29 is 0 Å². The lowest BCUT2D eigenvalue weighted by Crippen LogP contribution is -2.50. The van der Waals surface area contributed by atoms with Gasteiger partial charge in [0.1, 0.15) is 0 Å². The van der Waals surface area contributed by atoms with E-state index in [0.717, 1.165) is 30.0 Å². The number of hydrogen-bond donors (Lipinski definition) is 0. The van der Waals surface area contributed by atoms with Crippen molar-refractivity contribution in [2.75, 3.05) is 0 Å². The van der Waals surface area contributed by atoms with Crippen molar-refractivity contribution in [3.63, 3.8) is 0 Å². The molecule has 4 rings (SSSR count). The second-order valence-electron chi connectivity index (χ2n) is 7.29. The summed E-state index contributed by atoms with van der Waals surface area (Å²) in [5.74, 6) is 2.21. The Kier molecular flexibility index (Phi) is 2.72. The van der Waals surface area contributed by atoms with Gasteiger partial charge in [0, 0.05) is 18.1 Å². The highest BCUT2D eigenvalue weighted by molar-refractivity contribution is 4.98. The fourth-order valence-electron chi connectivity index (χ4n) is 5.69. The Hall–Kier alpha value is -0.0400. The van der Waals surface area contributed by atoms with Gasteiger partial charge in [-0.2, -0.15) is 0 Å². The molecule has 0 aromatic heterocycles. The van der Waals surface area contributed by atoms with E-state index in [4.69, 9.17) is 0 Å². The Morgan fingerprint density at radius 2 is 1.12 bits per heavy atom. The summed E-state index contributed by atoms with van der Waals surface area (Å²) in [6, 6.07) is 2.99. The van der Waals surface area contributed by atoms with Crippen LogP contribution in [-0.2, 0) is 0 Å². The van der Waals surface area contributed by atoms with Gasteiger partial charge in [-0.1, -0.05) is 25.7 Å². The Labute approximate surface area is 106 Å². The van der Waals surface area contributed by atoms with Gasteiger partial charge in [0.05, 0.1) is 0 Å². The second-order valence-corrected chi connectivity index (χ2v) is 7.29. The molecule has 4 unspecified atom stereocenters. The quantitative estimate of drug-likeness (QED) is 0.662. The van der Waals surface area contributed by atoms with Gasteiger partial charge in [-0.15, -0.1) is 0 Å². The van der Waals surface area contributed by atoms with Crippen LogP contribution in [-0.4, -0.2) is 23.0 Å². The molecule has 0 amide bonds. The standard InChI is InChI=1S/C16H27N/c1-3-12-9-13(4-1)11-16(10-12)17-14-5-2-6-15(17)8-7-14/h12-16H,1-11H2. The summed E-state index contributed by atoms with van der Waals surface area (Å²) < 4.78 is 0. The fourth-order valence-corrected chi connectivity index (χ4v) is 5.69. The molecule has 17 heavy (non-hydrogen) atoms. The SMILES string of the molecule is C1CC2CC(C1)CC(N1C3CCCC1CC3)C2. The molecular formula is C16H27N. The Bertz CT molecular complexity index is 259. The molecule has 1 nitrogen and oxygen atoms in total. The molecule has 1 heteroatoms. The molecule has 4 atom stereocenters. The average Bonchev–Trinajstić information content (AvgIpc) is 2.59. The van der Waals surface area contributed by atoms with Gasteiger partial charge in [-0.05, 0) is 56.8 Å². The lowest BCUT2D eigenvalue weighted by Gasteiger charge is -2.48. The number of fused-ring (bicyclic) bond motifs is 4. The van der Waals surface area contributed by atoms with Crippen LogP contribution in [0.15, 0.2) is 0 Å². The summed E-state index contributed by atoms with van der Waals surface area (Å²) in [6.45, 7) is 0. The summed E-state index contributed by atoms with van der Waals surface area (Å²) in [5.41, 5.74) is 0. The lowest BCUT2D eigenvalue weighted by atomic mass is 9.69. The van der Waals surface area contributed by atoms with E-state index in [1.807, 2.05) is 0 Å². The third-order valence-electron chi connectivity index (χ3n) is 6.27. The summed E-state index contributed by atoms with van der Waals surface area (Å²) in [6.07, 6.45) is 16.9. The smallest absolute Gasteiger partial charge is 0.0106 e. The van der Waals surface area contributed by atoms with E-state index < -0.39 is 0 Å². The van der Waals surface area contributed by atoms with Gasteiger partial charge in [0.25, 0.3) is 0 Å². The minimum Gasteiger partial charge on any atom is -0.294 e. The van der Waals surface area contributed by atoms with Crippen LogP contribution < -0.4 is 0 Å². The normalized spacial score (nSPS) is 50.5. The Morgan fingerprint density at radius 3 is 1.76 bits per heavy atom.